The number of hydrogen-bond donors (Lipinski definition) is 1. The molecule has 0 bridgehead atoms. The first-order chi connectivity index (χ1) is 19.9. The van der Waals surface area contributed by atoms with Gasteiger partial charge in [-0.3, -0.25) is 0 Å². The lowest BCUT2D eigenvalue weighted by Gasteiger charge is -2.10. The molecular weight excluding hydrogens is 538 g/mol. The highest BCUT2D eigenvalue weighted by Crippen LogP contribution is 2.34. The van der Waals surface area contributed by atoms with E-state index in [1.165, 1.54) is 0 Å². The molecule has 2 heterocycles. The zero-order valence-corrected chi connectivity index (χ0v) is 23.6. The Labute approximate surface area is 241 Å². The Morgan fingerprint density at radius 3 is 2.44 bits per heavy atom. The van der Waals surface area contributed by atoms with E-state index >= 15 is 0 Å². The van der Waals surface area contributed by atoms with Crippen LogP contribution in [0.1, 0.15) is 23.6 Å². The average molecular weight is 566 g/mol. The van der Waals surface area contributed by atoms with E-state index in [0.29, 0.717) is 41.1 Å². The average Bonchev–Trinajstić information content (AvgIpc) is 3.57. The minimum atomic E-state index is -1.07. The predicted octanol–water partition coefficient (Wildman–Crippen LogP) is 6.07. The van der Waals surface area contributed by atoms with Crippen LogP contribution in [0.4, 0.5) is 0 Å². The molecule has 10 heteroatoms. The van der Waals surface area contributed by atoms with Crippen LogP contribution in [0.25, 0.3) is 28.4 Å². The molecule has 2 aromatic heterocycles. The number of ether oxygens (including phenoxy) is 2. The van der Waals surface area contributed by atoms with Crippen LogP contribution in [-0.2, 0) is 17.9 Å². The Balaban J connectivity index is 1.53. The Bertz CT molecular complexity index is 1790. The van der Waals surface area contributed by atoms with Gasteiger partial charge in [-0.1, -0.05) is 36.4 Å². The number of benzene rings is 3. The number of carbonyl (C=O) groups is 1. The van der Waals surface area contributed by atoms with E-state index in [1.54, 1.807) is 32.4 Å². The zero-order chi connectivity index (χ0) is 28.9. The number of hydrogen-bond acceptors (Lipinski definition) is 7. The van der Waals surface area contributed by atoms with Gasteiger partial charge >= 0.3 is 5.97 Å². The number of rotatable bonds is 10. The van der Waals surface area contributed by atoms with Gasteiger partial charge in [-0.15, -0.1) is 10.2 Å². The Hall–Kier alpha value is -5.01. The third-order valence-electron chi connectivity index (χ3n) is 6.64. The first kappa shape index (κ1) is 27.6. The molecule has 0 fully saturated rings. The number of aromatic nitrogens is 4. The highest BCUT2D eigenvalue weighted by Gasteiger charge is 2.20. The maximum Gasteiger partial charge on any atom is 0.342 e. The molecule has 41 heavy (non-hydrogen) atoms. The van der Waals surface area contributed by atoms with E-state index in [1.807, 2.05) is 76.9 Å². The van der Waals surface area contributed by atoms with Gasteiger partial charge in [-0.2, -0.15) is 5.26 Å². The summed E-state index contributed by atoms with van der Waals surface area (Å²) in [5.41, 5.74) is 3.92. The first-order valence-corrected chi connectivity index (χ1v) is 13.6. The second-order valence-corrected chi connectivity index (χ2v) is 10.1. The van der Waals surface area contributed by atoms with Crippen molar-refractivity contribution in [2.45, 2.75) is 25.2 Å². The van der Waals surface area contributed by atoms with E-state index in [0.717, 1.165) is 39.4 Å². The SMILES string of the molecule is CCn1c(S/C(=C\c2cn(Cc3ccccc3C#N)c3ccccc23)C(=O)O)nnc1-c1cc(OC)cc(OC)c1. The molecule has 5 rings (SSSR count). The van der Waals surface area contributed by atoms with Gasteiger partial charge in [0.25, 0.3) is 0 Å². The van der Waals surface area contributed by atoms with Gasteiger partial charge in [-0.25, -0.2) is 4.79 Å². The predicted molar refractivity (Wildman–Crippen MR) is 158 cm³/mol. The lowest BCUT2D eigenvalue weighted by atomic mass is 10.1. The van der Waals surface area contributed by atoms with Gasteiger partial charge in [0.05, 0.1) is 25.9 Å². The first-order valence-electron chi connectivity index (χ1n) is 12.8. The third-order valence-corrected chi connectivity index (χ3v) is 7.64. The molecule has 0 aliphatic rings. The molecule has 0 radical (unpaired) electrons. The minimum Gasteiger partial charge on any atom is -0.497 e. The van der Waals surface area contributed by atoms with Gasteiger partial charge in [0.2, 0.25) is 0 Å². The summed E-state index contributed by atoms with van der Waals surface area (Å²) in [5, 5.41) is 29.8. The number of thioether (sulfide) groups is 1. The molecule has 0 saturated carbocycles. The zero-order valence-electron chi connectivity index (χ0n) is 22.7. The largest absolute Gasteiger partial charge is 0.497 e. The molecule has 5 aromatic rings. The molecular formula is C31H27N5O4S. The van der Waals surface area contributed by atoms with Crippen molar-refractivity contribution < 1.29 is 19.4 Å². The van der Waals surface area contributed by atoms with Gasteiger partial charge < -0.3 is 23.7 Å². The normalized spacial score (nSPS) is 11.4. The molecule has 0 unspecified atom stereocenters. The second kappa shape index (κ2) is 12.0. The van der Waals surface area contributed by atoms with E-state index in [2.05, 4.69) is 16.3 Å². The lowest BCUT2D eigenvalue weighted by Crippen LogP contribution is -2.03. The molecule has 1 N–H and O–H groups in total. The monoisotopic (exact) mass is 565 g/mol. The number of aliphatic carboxylic acids is 1. The van der Waals surface area contributed by atoms with E-state index in [4.69, 9.17) is 9.47 Å². The number of para-hydroxylation sites is 1. The molecule has 0 spiro atoms. The maximum atomic E-state index is 12.4. The summed E-state index contributed by atoms with van der Waals surface area (Å²) in [6, 6.07) is 22.9. The Morgan fingerprint density at radius 1 is 1.05 bits per heavy atom. The van der Waals surface area contributed by atoms with Gasteiger partial charge in [0.1, 0.15) is 16.4 Å². The summed E-state index contributed by atoms with van der Waals surface area (Å²) in [4.78, 5) is 12.5. The van der Waals surface area contributed by atoms with Gasteiger partial charge in [0, 0.05) is 47.4 Å². The molecule has 0 amide bonds. The van der Waals surface area contributed by atoms with Crippen molar-refractivity contribution in [3.05, 3.63) is 94.5 Å². The molecule has 9 nitrogen and oxygen atoms in total. The fraction of sp³-hybridized carbons (Fsp3) is 0.161. The van der Waals surface area contributed by atoms with Crippen LogP contribution in [0.3, 0.4) is 0 Å². The van der Waals surface area contributed by atoms with Crippen LogP contribution >= 0.6 is 11.8 Å². The van der Waals surface area contributed by atoms with Crippen LogP contribution < -0.4 is 9.47 Å². The van der Waals surface area contributed by atoms with Crippen molar-refractivity contribution in [1.29, 1.82) is 5.26 Å². The maximum absolute atomic E-state index is 12.4. The summed E-state index contributed by atoms with van der Waals surface area (Å²) in [6.07, 6.45) is 3.58. The van der Waals surface area contributed by atoms with Crippen LogP contribution in [0.5, 0.6) is 11.5 Å². The van der Waals surface area contributed by atoms with E-state index in [-0.39, 0.29) is 4.91 Å². The summed E-state index contributed by atoms with van der Waals surface area (Å²) in [6.45, 7) is 2.95. The summed E-state index contributed by atoms with van der Waals surface area (Å²) >= 11 is 1.04. The number of nitrogens with zero attached hydrogens (tertiary/aromatic N) is 5. The van der Waals surface area contributed by atoms with Crippen molar-refractivity contribution >= 4 is 34.7 Å². The molecule has 206 valence electrons. The van der Waals surface area contributed by atoms with Crippen LogP contribution in [-0.4, -0.2) is 44.6 Å². The van der Waals surface area contributed by atoms with Crippen molar-refractivity contribution in [2.75, 3.05) is 14.2 Å². The third kappa shape index (κ3) is 5.66. The second-order valence-electron chi connectivity index (χ2n) is 9.07. The highest BCUT2D eigenvalue weighted by molar-refractivity contribution is 8.04. The number of methoxy groups -OCH3 is 2. The fourth-order valence-electron chi connectivity index (χ4n) is 4.65. The standard InChI is InChI=1S/C31H27N5O4S/c1-4-36-29(22-13-24(39-2)16-25(14-22)40-3)33-34-31(36)41-28(30(37)38)15-23-19-35(27-12-8-7-11-26(23)27)18-21-10-6-5-9-20(21)17-32/h5-16,19H,4,18H2,1-3H3,(H,37,38)/b28-15-. The lowest BCUT2D eigenvalue weighted by molar-refractivity contribution is -0.131. The van der Waals surface area contributed by atoms with Crippen molar-refractivity contribution in [3.63, 3.8) is 0 Å². The van der Waals surface area contributed by atoms with Crippen molar-refractivity contribution in [1.82, 2.24) is 19.3 Å². The Kier molecular flexibility index (Phi) is 8.08. The minimum absolute atomic E-state index is 0.0993. The van der Waals surface area contributed by atoms with Crippen molar-refractivity contribution in [3.8, 4) is 29.0 Å². The highest BCUT2D eigenvalue weighted by atomic mass is 32.2. The summed E-state index contributed by atoms with van der Waals surface area (Å²) in [5.74, 6) is 0.722. The molecule has 0 aliphatic heterocycles. The molecule has 3 aromatic carbocycles. The van der Waals surface area contributed by atoms with Crippen LogP contribution in [0.15, 0.2) is 83.0 Å². The van der Waals surface area contributed by atoms with Gasteiger partial charge in [-0.05, 0) is 54.6 Å². The number of fused-ring (bicyclic) bond motifs is 1. The number of carboxylic acid groups (broad SMARTS) is 1. The number of nitriles is 1. The topological polar surface area (TPSA) is 115 Å². The van der Waals surface area contributed by atoms with Gasteiger partial charge in [0.15, 0.2) is 11.0 Å². The van der Waals surface area contributed by atoms with Crippen molar-refractivity contribution in [2.24, 2.45) is 0 Å². The molecule has 0 aliphatic carbocycles. The number of carboxylic acids is 1. The summed E-state index contributed by atoms with van der Waals surface area (Å²) in [7, 11) is 3.15. The molecule has 0 saturated heterocycles. The Morgan fingerprint density at radius 2 is 1.76 bits per heavy atom. The smallest absolute Gasteiger partial charge is 0.342 e. The van der Waals surface area contributed by atoms with E-state index < -0.39 is 5.97 Å². The van der Waals surface area contributed by atoms with E-state index in [9.17, 15) is 15.2 Å². The summed E-state index contributed by atoms with van der Waals surface area (Å²) < 4.78 is 14.7. The van der Waals surface area contributed by atoms with Crippen LogP contribution in [0.2, 0.25) is 0 Å². The quantitative estimate of drug-likeness (QED) is 0.160. The fourth-order valence-corrected chi connectivity index (χ4v) is 5.52. The van der Waals surface area contributed by atoms with Crippen LogP contribution in [0, 0.1) is 11.3 Å². The molecule has 0 atom stereocenters.